The highest BCUT2D eigenvalue weighted by atomic mass is 35.5. The average molecular weight is 641 g/mol. The van der Waals surface area contributed by atoms with Gasteiger partial charge >= 0.3 is 0 Å². The predicted molar refractivity (Wildman–Crippen MR) is 175 cm³/mol. The lowest BCUT2D eigenvalue weighted by molar-refractivity contribution is 0.0455. The number of aliphatic hydroxyl groups excluding tert-OH is 1. The van der Waals surface area contributed by atoms with Gasteiger partial charge in [0.2, 0.25) is 10.0 Å². The molecular weight excluding hydrogens is 596 g/mol. The van der Waals surface area contributed by atoms with Crippen LogP contribution in [0.3, 0.4) is 0 Å². The Labute approximate surface area is 267 Å². The highest BCUT2D eigenvalue weighted by molar-refractivity contribution is 7.90. The molecule has 4 aliphatic rings. The number of aliphatic hydroxyl groups is 1. The number of amides is 1. The molecule has 44 heavy (non-hydrogen) atoms. The Balaban J connectivity index is 1.41. The van der Waals surface area contributed by atoms with Crippen LogP contribution in [0, 0.1) is 17.8 Å². The minimum atomic E-state index is -3.94. The SMILES string of the molecule is CCCC[C@H]1[C@H](C)C/C=C\[C@@H](O)[C@@H]2CC[C@H]2CN2C[C@@]3(CCCc4cc(Cl)ccc43)COc3ccc(cc32)C(=O)NS1(=O)=O. The first-order valence-corrected chi connectivity index (χ1v) is 18.2. The van der Waals surface area contributed by atoms with Crippen LogP contribution in [0.1, 0.15) is 86.7 Å². The Bertz CT molecular complexity index is 1530. The number of ether oxygens (including phenoxy) is 1. The van der Waals surface area contributed by atoms with Crippen molar-refractivity contribution in [1.29, 1.82) is 0 Å². The number of allylic oxidation sites excluding steroid dienone is 1. The smallest absolute Gasteiger partial charge is 0.264 e. The first-order chi connectivity index (χ1) is 21.1. The van der Waals surface area contributed by atoms with Gasteiger partial charge in [-0.05, 0) is 104 Å². The van der Waals surface area contributed by atoms with Crippen molar-refractivity contribution in [3.63, 3.8) is 0 Å². The summed E-state index contributed by atoms with van der Waals surface area (Å²) in [5.41, 5.74) is 3.35. The highest BCUT2D eigenvalue weighted by Crippen LogP contribution is 2.46. The number of nitrogens with zero attached hydrogens (tertiary/aromatic N) is 1. The van der Waals surface area contributed by atoms with E-state index in [2.05, 4.69) is 21.8 Å². The van der Waals surface area contributed by atoms with Crippen molar-refractivity contribution in [2.24, 2.45) is 17.8 Å². The van der Waals surface area contributed by atoms with Crippen LogP contribution < -0.4 is 14.4 Å². The van der Waals surface area contributed by atoms with Crippen LogP contribution >= 0.6 is 11.6 Å². The quantitative estimate of drug-likeness (QED) is 0.376. The number of carbonyl (C=O) groups is 1. The summed E-state index contributed by atoms with van der Waals surface area (Å²) in [5, 5.41) is 11.3. The lowest BCUT2D eigenvalue weighted by Gasteiger charge is -2.45. The second-order valence-corrected chi connectivity index (χ2v) is 15.9. The third-order valence-corrected chi connectivity index (χ3v) is 12.8. The Morgan fingerprint density at radius 3 is 2.80 bits per heavy atom. The van der Waals surface area contributed by atoms with Crippen LogP contribution in [0.4, 0.5) is 5.69 Å². The molecule has 9 heteroatoms. The number of rotatable bonds is 3. The molecule has 1 amide bonds. The van der Waals surface area contributed by atoms with Crippen LogP contribution in [-0.2, 0) is 21.9 Å². The van der Waals surface area contributed by atoms with Crippen LogP contribution in [0.15, 0.2) is 48.6 Å². The number of hydrogen-bond acceptors (Lipinski definition) is 6. The summed E-state index contributed by atoms with van der Waals surface area (Å²) in [4.78, 5) is 15.9. The van der Waals surface area contributed by atoms with E-state index in [1.165, 1.54) is 11.1 Å². The van der Waals surface area contributed by atoms with E-state index >= 15 is 0 Å². The zero-order chi connectivity index (χ0) is 31.1. The average Bonchev–Trinajstić information content (AvgIpc) is 3.11. The van der Waals surface area contributed by atoms with Crippen molar-refractivity contribution in [3.05, 3.63) is 70.3 Å². The maximum absolute atomic E-state index is 13.6. The molecule has 2 aromatic carbocycles. The van der Waals surface area contributed by atoms with Gasteiger partial charge in [0.25, 0.3) is 5.91 Å². The van der Waals surface area contributed by atoms with E-state index in [-0.39, 0.29) is 23.2 Å². The number of nitrogens with one attached hydrogen (secondary N) is 1. The van der Waals surface area contributed by atoms with E-state index in [0.29, 0.717) is 37.3 Å². The van der Waals surface area contributed by atoms with E-state index in [9.17, 15) is 18.3 Å². The van der Waals surface area contributed by atoms with Gasteiger partial charge in [0.1, 0.15) is 5.75 Å². The lowest BCUT2D eigenvalue weighted by atomic mass is 9.68. The predicted octanol–water partition coefficient (Wildman–Crippen LogP) is 6.41. The molecule has 238 valence electrons. The van der Waals surface area contributed by atoms with Gasteiger partial charge in [-0.25, -0.2) is 13.1 Å². The Hall–Kier alpha value is -2.55. The Kier molecular flexibility index (Phi) is 9.06. The highest BCUT2D eigenvalue weighted by Gasteiger charge is 2.44. The van der Waals surface area contributed by atoms with Crippen molar-refractivity contribution < 1.29 is 23.1 Å². The van der Waals surface area contributed by atoms with E-state index in [0.717, 1.165) is 62.2 Å². The summed E-state index contributed by atoms with van der Waals surface area (Å²) in [5.74, 6) is 0.278. The number of unbranched alkanes of at least 4 members (excludes halogenated alkanes) is 1. The first-order valence-electron chi connectivity index (χ1n) is 16.3. The molecule has 0 radical (unpaired) electrons. The van der Waals surface area contributed by atoms with Gasteiger partial charge in [0.05, 0.1) is 23.6 Å². The summed E-state index contributed by atoms with van der Waals surface area (Å²) >= 11 is 6.40. The molecule has 0 saturated heterocycles. The van der Waals surface area contributed by atoms with Gasteiger partial charge in [-0.15, -0.1) is 0 Å². The van der Waals surface area contributed by atoms with E-state index in [4.69, 9.17) is 16.3 Å². The van der Waals surface area contributed by atoms with Gasteiger partial charge in [-0.2, -0.15) is 0 Å². The maximum Gasteiger partial charge on any atom is 0.264 e. The molecule has 1 fully saturated rings. The summed E-state index contributed by atoms with van der Waals surface area (Å²) < 4.78 is 36.2. The zero-order valence-corrected chi connectivity index (χ0v) is 27.4. The first kappa shape index (κ1) is 31.4. The van der Waals surface area contributed by atoms with Gasteiger partial charge in [-0.3, -0.25) is 4.79 Å². The van der Waals surface area contributed by atoms with Gasteiger partial charge in [0, 0.05) is 29.1 Å². The molecular formula is C35H45ClN2O5S. The standard InChI is InChI=1S/C35H45ClN2O5S/c1-3-4-10-33-23(2)7-5-9-31(39)28-14-11-26(28)20-38-21-35(17-6-8-24-18-27(36)13-15-29(24)35)22-43-32-16-12-25(19-30(32)38)34(40)37-44(33,41)42/h5,9,12-13,15-16,18-19,23,26,28,31,33,39H,3-4,6-8,10-11,14,17,20-22H2,1-2H3,(H,37,40)/b9-5-/t23-,26+,28-,31-,33+,35+/m1/s1. The number of carbonyl (C=O) groups excluding carboxylic acids is 1. The molecule has 2 N–H and O–H groups in total. The lowest BCUT2D eigenvalue weighted by Crippen LogP contribution is -2.49. The van der Waals surface area contributed by atoms with Gasteiger partial charge in [-0.1, -0.05) is 56.5 Å². The zero-order valence-electron chi connectivity index (χ0n) is 25.8. The van der Waals surface area contributed by atoms with Crippen molar-refractivity contribution in [3.8, 4) is 5.75 Å². The number of fused-ring (bicyclic) bond motifs is 4. The number of hydrogen-bond donors (Lipinski definition) is 2. The fourth-order valence-electron chi connectivity index (χ4n) is 7.95. The third-order valence-electron chi connectivity index (χ3n) is 10.6. The monoisotopic (exact) mass is 640 g/mol. The number of sulfonamides is 1. The minimum Gasteiger partial charge on any atom is -0.490 e. The summed E-state index contributed by atoms with van der Waals surface area (Å²) in [6.07, 6.45) is 10.8. The van der Waals surface area contributed by atoms with Crippen molar-refractivity contribution in [2.75, 3.05) is 24.6 Å². The fourth-order valence-corrected chi connectivity index (χ4v) is 9.87. The van der Waals surface area contributed by atoms with Crippen LogP contribution in [-0.4, -0.2) is 50.5 Å². The minimum absolute atomic E-state index is 0.126. The second-order valence-electron chi connectivity index (χ2n) is 13.6. The molecule has 2 aromatic rings. The molecule has 0 unspecified atom stereocenters. The van der Waals surface area contributed by atoms with E-state index in [1.54, 1.807) is 12.1 Å². The number of benzene rings is 2. The van der Waals surface area contributed by atoms with E-state index in [1.807, 2.05) is 38.1 Å². The van der Waals surface area contributed by atoms with Gasteiger partial charge in [0.15, 0.2) is 0 Å². The second kappa shape index (κ2) is 12.7. The largest absolute Gasteiger partial charge is 0.490 e. The molecule has 1 spiro atoms. The van der Waals surface area contributed by atoms with E-state index < -0.39 is 27.3 Å². The molecule has 2 bridgehead atoms. The fraction of sp³-hybridized carbons (Fsp3) is 0.571. The number of anilines is 1. The van der Waals surface area contributed by atoms with Crippen LogP contribution in [0.2, 0.25) is 5.02 Å². The summed E-state index contributed by atoms with van der Waals surface area (Å²) in [7, 11) is -3.94. The summed E-state index contributed by atoms with van der Waals surface area (Å²) in [6.45, 7) is 5.87. The molecule has 6 atom stereocenters. The molecule has 1 saturated carbocycles. The third kappa shape index (κ3) is 6.14. The molecule has 6 rings (SSSR count). The number of halogens is 1. The van der Waals surface area contributed by atoms with Crippen molar-refractivity contribution >= 4 is 33.2 Å². The van der Waals surface area contributed by atoms with Gasteiger partial charge < -0.3 is 14.7 Å². The Morgan fingerprint density at radius 2 is 2.02 bits per heavy atom. The Morgan fingerprint density at radius 1 is 1.18 bits per heavy atom. The number of aryl methyl sites for hydroxylation is 1. The molecule has 7 nitrogen and oxygen atoms in total. The maximum atomic E-state index is 13.6. The topological polar surface area (TPSA) is 95.9 Å². The summed E-state index contributed by atoms with van der Waals surface area (Å²) in [6, 6.07) is 11.5. The normalized spacial score (nSPS) is 32.3. The molecule has 2 aliphatic heterocycles. The molecule has 0 aromatic heterocycles. The van der Waals surface area contributed by atoms with Crippen molar-refractivity contribution in [1.82, 2.24) is 4.72 Å². The van der Waals surface area contributed by atoms with Crippen LogP contribution in [0.25, 0.3) is 0 Å². The van der Waals surface area contributed by atoms with Crippen molar-refractivity contribution in [2.45, 2.75) is 88.4 Å². The molecule has 2 heterocycles. The molecule has 2 aliphatic carbocycles. The van der Waals surface area contributed by atoms with Crippen LogP contribution in [0.5, 0.6) is 5.75 Å².